The Labute approximate surface area is 177 Å². The Morgan fingerprint density at radius 1 is 1.07 bits per heavy atom. The fourth-order valence-electron chi connectivity index (χ4n) is 2.59. The van der Waals surface area contributed by atoms with E-state index in [9.17, 15) is 21.6 Å². The molecule has 0 aliphatic rings. The van der Waals surface area contributed by atoms with Gasteiger partial charge in [-0.05, 0) is 37.3 Å². The molecule has 0 saturated carbocycles. The second-order valence-electron chi connectivity index (χ2n) is 6.52. The van der Waals surface area contributed by atoms with Crippen LogP contribution < -0.4 is 19.7 Å². The summed E-state index contributed by atoms with van der Waals surface area (Å²) in [6, 6.07) is 11.0. The van der Waals surface area contributed by atoms with Crippen LogP contribution >= 0.6 is 0 Å². The van der Waals surface area contributed by atoms with Crippen LogP contribution in [0.1, 0.15) is 6.92 Å². The molecule has 1 amide bonds. The van der Waals surface area contributed by atoms with E-state index in [1.807, 2.05) is 0 Å². The van der Waals surface area contributed by atoms with Crippen LogP contribution in [0.3, 0.4) is 0 Å². The maximum Gasteiger partial charge on any atom is 0.243 e. The van der Waals surface area contributed by atoms with E-state index in [0.29, 0.717) is 17.1 Å². The topological polar surface area (TPSA) is 122 Å². The Balaban J connectivity index is 2.14. The minimum Gasteiger partial charge on any atom is -0.490 e. The lowest BCUT2D eigenvalue weighted by Gasteiger charge is -2.18. The number of rotatable bonds is 9. The highest BCUT2D eigenvalue weighted by molar-refractivity contribution is 7.92. The van der Waals surface area contributed by atoms with E-state index < -0.39 is 25.8 Å². The van der Waals surface area contributed by atoms with Crippen molar-refractivity contribution in [3.8, 4) is 5.75 Å². The van der Waals surface area contributed by atoms with Crippen molar-refractivity contribution in [3.05, 3.63) is 42.5 Å². The van der Waals surface area contributed by atoms with Crippen LogP contribution in [0.25, 0.3) is 0 Å². The molecule has 164 valence electrons. The van der Waals surface area contributed by atoms with Gasteiger partial charge in [-0.1, -0.05) is 12.1 Å². The summed E-state index contributed by atoms with van der Waals surface area (Å²) in [4.78, 5) is 12.4. The molecule has 0 aliphatic heterocycles. The van der Waals surface area contributed by atoms with Gasteiger partial charge < -0.3 is 15.4 Å². The number of para-hydroxylation sites is 1. The summed E-state index contributed by atoms with van der Waals surface area (Å²) in [7, 11) is -5.52. The molecule has 0 aromatic heterocycles. The van der Waals surface area contributed by atoms with Gasteiger partial charge in [0, 0.05) is 19.0 Å². The van der Waals surface area contributed by atoms with E-state index >= 15 is 0 Å². The molecule has 0 unspecified atom stereocenters. The lowest BCUT2D eigenvalue weighted by atomic mass is 10.2. The minimum absolute atomic E-state index is 0.0336. The molecule has 2 rings (SSSR count). The maximum atomic E-state index is 12.4. The van der Waals surface area contributed by atoms with Crippen LogP contribution in [-0.2, 0) is 24.7 Å². The van der Waals surface area contributed by atoms with Crippen LogP contribution in [0.15, 0.2) is 47.4 Å². The molecule has 0 bridgehead atoms. The second kappa shape index (κ2) is 9.35. The molecule has 2 aromatic carbocycles. The molecule has 2 N–H and O–H groups in total. The number of carbonyl (C=O) groups excluding carboxylic acids is 1. The number of anilines is 3. The Bertz CT molecular complexity index is 1130. The summed E-state index contributed by atoms with van der Waals surface area (Å²) < 4.78 is 53.9. The zero-order valence-electron chi connectivity index (χ0n) is 17.2. The van der Waals surface area contributed by atoms with Crippen molar-refractivity contribution >= 4 is 42.8 Å². The van der Waals surface area contributed by atoms with Gasteiger partial charge in [0.25, 0.3) is 0 Å². The van der Waals surface area contributed by atoms with Gasteiger partial charge in [0.1, 0.15) is 4.90 Å². The summed E-state index contributed by atoms with van der Waals surface area (Å²) in [6.07, 6.45) is 2.17. The molecule has 0 aliphatic carbocycles. The first-order chi connectivity index (χ1) is 13.9. The average Bonchev–Trinajstić information content (AvgIpc) is 2.65. The van der Waals surface area contributed by atoms with E-state index in [-0.39, 0.29) is 23.8 Å². The fourth-order valence-corrected chi connectivity index (χ4v) is 3.92. The fraction of sp³-hybridized carbons (Fsp3) is 0.316. The van der Waals surface area contributed by atoms with E-state index in [0.717, 1.165) is 16.8 Å². The molecular weight excluding hydrogens is 430 g/mol. The zero-order valence-corrected chi connectivity index (χ0v) is 18.8. The van der Waals surface area contributed by atoms with E-state index in [1.54, 1.807) is 37.3 Å². The SMILES string of the molecule is CCOc1c(NCC(=O)Nc2cccc(N(C)S(C)(=O)=O)c2)cccc1S(C)(=O)=O. The molecule has 11 heteroatoms. The number of sulfonamides is 1. The van der Waals surface area contributed by atoms with Gasteiger partial charge in [-0.25, -0.2) is 16.8 Å². The van der Waals surface area contributed by atoms with Crippen LogP contribution in [0.5, 0.6) is 5.75 Å². The molecule has 30 heavy (non-hydrogen) atoms. The Morgan fingerprint density at radius 2 is 1.73 bits per heavy atom. The van der Waals surface area contributed by atoms with Crippen LogP contribution in [-0.4, -0.2) is 55.5 Å². The van der Waals surface area contributed by atoms with Gasteiger partial charge in [-0.3, -0.25) is 9.10 Å². The number of amides is 1. The van der Waals surface area contributed by atoms with Gasteiger partial charge in [0.2, 0.25) is 15.9 Å². The normalized spacial score (nSPS) is 11.6. The lowest BCUT2D eigenvalue weighted by Crippen LogP contribution is -2.25. The molecule has 2 aromatic rings. The number of hydrogen-bond donors (Lipinski definition) is 2. The van der Waals surface area contributed by atoms with Crippen molar-refractivity contribution in [2.24, 2.45) is 0 Å². The molecule has 0 heterocycles. The molecule has 0 atom stereocenters. The molecule has 0 spiro atoms. The summed E-state index contributed by atoms with van der Waals surface area (Å²) in [5.74, 6) is -0.242. The summed E-state index contributed by atoms with van der Waals surface area (Å²) >= 11 is 0. The van der Waals surface area contributed by atoms with Crippen molar-refractivity contribution in [3.63, 3.8) is 0 Å². The standard InChI is InChI=1S/C19H25N3O6S2/c1-5-28-19-16(10-7-11-17(19)29(3,24)25)20-13-18(23)21-14-8-6-9-15(12-14)22(2)30(4,26)27/h6-12,20H,5,13H2,1-4H3,(H,21,23). The third kappa shape index (κ3) is 6.10. The van der Waals surface area contributed by atoms with Crippen molar-refractivity contribution in [2.75, 3.05) is 47.6 Å². The Hall–Kier alpha value is -2.79. The highest BCUT2D eigenvalue weighted by Crippen LogP contribution is 2.32. The number of nitrogens with one attached hydrogen (secondary N) is 2. The van der Waals surface area contributed by atoms with Crippen LogP contribution in [0, 0.1) is 0 Å². The Morgan fingerprint density at radius 3 is 2.33 bits per heavy atom. The summed E-state index contributed by atoms with van der Waals surface area (Å²) in [6.45, 7) is 1.84. The zero-order chi connectivity index (χ0) is 22.5. The monoisotopic (exact) mass is 455 g/mol. The predicted octanol–water partition coefficient (Wildman–Crippen LogP) is 1.94. The van der Waals surface area contributed by atoms with Crippen molar-refractivity contribution in [1.82, 2.24) is 0 Å². The number of nitrogens with zero attached hydrogens (tertiary/aromatic N) is 1. The lowest BCUT2D eigenvalue weighted by molar-refractivity contribution is -0.114. The quantitative estimate of drug-likeness (QED) is 0.592. The summed E-state index contributed by atoms with van der Waals surface area (Å²) in [5, 5.41) is 5.56. The summed E-state index contributed by atoms with van der Waals surface area (Å²) in [5.41, 5.74) is 1.20. The van der Waals surface area contributed by atoms with E-state index in [4.69, 9.17) is 4.74 Å². The maximum absolute atomic E-state index is 12.4. The Kier molecular flexibility index (Phi) is 7.32. The van der Waals surface area contributed by atoms with E-state index in [1.165, 1.54) is 19.2 Å². The number of benzene rings is 2. The van der Waals surface area contributed by atoms with Crippen molar-refractivity contribution in [1.29, 1.82) is 0 Å². The minimum atomic E-state index is -3.51. The van der Waals surface area contributed by atoms with Gasteiger partial charge in [-0.2, -0.15) is 0 Å². The number of ether oxygens (including phenoxy) is 1. The average molecular weight is 456 g/mol. The number of carbonyl (C=O) groups is 1. The van der Waals surface area contributed by atoms with Gasteiger partial charge in [0.05, 0.1) is 30.8 Å². The smallest absolute Gasteiger partial charge is 0.243 e. The first-order valence-corrected chi connectivity index (χ1v) is 12.7. The van der Waals surface area contributed by atoms with Crippen LogP contribution in [0.4, 0.5) is 17.1 Å². The second-order valence-corrected chi connectivity index (χ2v) is 10.5. The van der Waals surface area contributed by atoms with E-state index in [2.05, 4.69) is 10.6 Å². The molecule has 9 nitrogen and oxygen atoms in total. The van der Waals surface area contributed by atoms with Gasteiger partial charge in [-0.15, -0.1) is 0 Å². The molecule has 0 radical (unpaired) electrons. The highest BCUT2D eigenvalue weighted by Gasteiger charge is 2.18. The van der Waals surface area contributed by atoms with Crippen molar-refractivity contribution in [2.45, 2.75) is 11.8 Å². The third-order valence-corrected chi connectivity index (χ3v) is 6.42. The first kappa shape index (κ1) is 23.5. The molecule has 0 fully saturated rings. The molecular formula is C19H25N3O6S2. The molecule has 0 saturated heterocycles. The number of sulfone groups is 1. The predicted molar refractivity (Wildman–Crippen MR) is 118 cm³/mol. The van der Waals surface area contributed by atoms with Crippen molar-refractivity contribution < 1.29 is 26.4 Å². The number of hydrogen-bond acceptors (Lipinski definition) is 7. The largest absolute Gasteiger partial charge is 0.490 e. The third-order valence-electron chi connectivity index (χ3n) is 4.10. The highest BCUT2D eigenvalue weighted by atomic mass is 32.2. The van der Waals surface area contributed by atoms with Crippen LogP contribution in [0.2, 0.25) is 0 Å². The van der Waals surface area contributed by atoms with Gasteiger partial charge >= 0.3 is 0 Å². The first-order valence-electron chi connectivity index (χ1n) is 8.97. The van der Waals surface area contributed by atoms with Gasteiger partial charge in [0.15, 0.2) is 15.6 Å².